The number of oxazole rings is 1. The Kier molecular flexibility index (Phi) is 4.50. The van der Waals surface area contributed by atoms with Gasteiger partial charge >= 0.3 is 0 Å². The lowest BCUT2D eigenvalue weighted by Gasteiger charge is -2.21. The summed E-state index contributed by atoms with van der Waals surface area (Å²) < 4.78 is 5.61. The number of hydrogen-bond acceptors (Lipinski definition) is 5. The van der Waals surface area contributed by atoms with Crippen molar-refractivity contribution in [2.45, 2.75) is 25.4 Å². The van der Waals surface area contributed by atoms with Gasteiger partial charge in [-0.1, -0.05) is 18.2 Å². The summed E-state index contributed by atoms with van der Waals surface area (Å²) in [6.45, 7) is 1.99. The summed E-state index contributed by atoms with van der Waals surface area (Å²) in [6.07, 6.45) is 0.566. The largest absolute Gasteiger partial charge is 0.423 e. The van der Waals surface area contributed by atoms with Gasteiger partial charge in [-0.05, 0) is 43.7 Å². The molecule has 2 aromatic carbocycles. The molecule has 0 bridgehead atoms. The van der Waals surface area contributed by atoms with E-state index in [1.165, 1.54) is 0 Å². The Morgan fingerprint density at radius 1 is 1.21 bits per heavy atom. The molecular formula is C21H22N4O3. The molecule has 144 valence electrons. The van der Waals surface area contributed by atoms with Gasteiger partial charge in [-0.25, -0.2) is 0 Å². The van der Waals surface area contributed by atoms with Gasteiger partial charge in [0, 0.05) is 31.4 Å². The van der Waals surface area contributed by atoms with Crippen molar-refractivity contribution >= 4 is 34.6 Å². The fourth-order valence-corrected chi connectivity index (χ4v) is 3.51. The number of rotatable bonds is 4. The molecule has 0 radical (unpaired) electrons. The molecule has 28 heavy (non-hydrogen) atoms. The number of nitrogens with one attached hydrogen (secondary N) is 1. The summed E-state index contributed by atoms with van der Waals surface area (Å²) in [4.78, 5) is 33.5. The van der Waals surface area contributed by atoms with E-state index in [4.69, 9.17) is 4.42 Å². The monoisotopic (exact) mass is 378 g/mol. The third-order valence-electron chi connectivity index (χ3n) is 4.91. The number of aromatic nitrogens is 1. The highest BCUT2D eigenvalue weighted by atomic mass is 16.4. The van der Waals surface area contributed by atoms with Crippen molar-refractivity contribution in [1.82, 2.24) is 10.3 Å². The van der Waals surface area contributed by atoms with Crippen LogP contribution in [0.2, 0.25) is 0 Å². The number of carbonyl (C=O) groups excluding carboxylic acids is 2. The highest BCUT2D eigenvalue weighted by molar-refractivity contribution is 6.05. The van der Waals surface area contributed by atoms with Crippen LogP contribution in [0, 0.1) is 0 Å². The van der Waals surface area contributed by atoms with Crippen molar-refractivity contribution in [2.24, 2.45) is 0 Å². The Bertz CT molecular complexity index is 1030. The molecule has 2 atom stereocenters. The maximum atomic E-state index is 12.9. The lowest BCUT2D eigenvalue weighted by atomic mass is 10.1. The molecule has 1 aromatic heterocycles. The zero-order valence-electron chi connectivity index (χ0n) is 16.0. The van der Waals surface area contributed by atoms with Crippen LogP contribution < -0.4 is 15.1 Å². The minimum absolute atomic E-state index is 0.0147. The van der Waals surface area contributed by atoms with Gasteiger partial charge in [-0.2, -0.15) is 4.98 Å². The lowest BCUT2D eigenvalue weighted by molar-refractivity contribution is -0.118. The molecule has 3 aromatic rings. The Balaban J connectivity index is 1.52. The van der Waals surface area contributed by atoms with E-state index in [1.807, 2.05) is 51.4 Å². The van der Waals surface area contributed by atoms with E-state index in [0.29, 0.717) is 29.1 Å². The Hall–Kier alpha value is -3.35. The third kappa shape index (κ3) is 3.19. The summed E-state index contributed by atoms with van der Waals surface area (Å²) in [5.41, 5.74) is 2.51. The highest BCUT2D eigenvalue weighted by Gasteiger charge is 2.38. The Morgan fingerprint density at radius 3 is 2.68 bits per heavy atom. The molecule has 7 nitrogen and oxygen atoms in total. The zero-order valence-corrected chi connectivity index (χ0v) is 16.0. The first kappa shape index (κ1) is 18.0. The second kappa shape index (κ2) is 6.99. The van der Waals surface area contributed by atoms with E-state index in [1.54, 1.807) is 28.0 Å². The third-order valence-corrected chi connectivity index (χ3v) is 4.91. The molecule has 0 unspecified atom stereocenters. The molecule has 0 aliphatic carbocycles. The molecule has 1 N–H and O–H groups in total. The fraction of sp³-hybridized carbons (Fsp3) is 0.286. The van der Waals surface area contributed by atoms with Gasteiger partial charge in [0.25, 0.3) is 11.9 Å². The van der Waals surface area contributed by atoms with Crippen LogP contribution >= 0.6 is 0 Å². The first-order chi connectivity index (χ1) is 13.4. The van der Waals surface area contributed by atoms with Gasteiger partial charge in [0.15, 0.2) is 5.58 Å². The van der Waals surface area contributed by atoms with Crippen molar-refractivity contribution < 1.29 is 14.0 Å². The van der Waals surface area contributed by atoms with E-state index in [-0.39, 0.29) is 17.9 Å². The van der Waals surface area contributed by atoms with Gasteiger partial charge in [0.2, 0.25) is 5.91 Å². The molecular weight excluding hydrogens is 356 g/mol. The molecule has 0 saturated carbocycles. The van der Waals surface area contributed by atoms with Gasteiger partial charge in [-0.15, -0.1) is 0 Å². The molecule has 2 amide bonds. The number of para-hydroxylation sites is 1. The van der Waals surface area contributed by atoms with E-state index >= 15 is 0 Å². The van der Waals surface area contributed by atoms with Gasteiger partial charge < -0.3 is 19.5 Å². The second-order valence-corrected chi connectivity index (χ2v) is 7.23. The Labute approximate surface area is 162 Å². The van der Waals surface area contributed by atoms with E-state index in [9.17, 15) is 9.59 Å². The van der Waals surface area contributed by atoms with Crippen LogP contribution in [0.25, 0.3) is 11.1 Å². The standard InChI is InChI=1S/C21H22N4O3/c1-13-11-17(20(27)25(13)15-7-5-4-6-8-15)22-19(26)14-9-10-18-16(12-14)23-21(28-18)24(2)3/h4-10,12-13,17H,11H2,1-3H3,(H,22,26)/t13-,17-/m1/s1. The molecule has 0 spiro atoms. The molecule has 2 heterocycles. The fourth-order valence-electron chi connectivity index (χ4n) is 3.51. The summed E-state index contributed by atoms with van der Waals surface area (Å²) in [7, 11) is 3.67. The number of benzene rings is 2. The predicted molar refractivity (Wildman–Crippen MR) is 108 cm³/mol. The van der Waals surface area contributed by atoms with E-state index < -0.39 is 6.04 Å². The number of anilines is 2. The zero-order chi connectivity index (χ0) is 19.8. The topological polar surface area (TPSA) is 78.7 Å². The van der Waals surface area contributed by atoms with Crippen LogP contribution in [-0.4, -0.2) is 43.0 Å². The normalized spacial score (nSPS) is 19.2. The maximum Gasteiger partial charge on any atom is 0.297 e. The summed E-state index contributed by atoms with van der Waals surface area (Å²) >= 11 is 0. The average Bonchev–Trinajstić information content (AvgIpc) is 3.23. The summed E-state index contributed by atoms with van der Waals surface area (Å²) in [6, 6.07) is 14.5. The van der Waals surface area contributed by atoms with Gasteiger partial charge in [0.05, 0.1) is 0 Å². The molecule has 1 aliphatic rings. The van der Waals surface area contributed by atoms with Crippen LogP contribution in [0.5, 0.6) is 0 Å². The molecule has 1 aliphatic heterocycles. The second-order valence-electron chi connectivity index (χ2n) is 7.23. The van der Waals surface area contributed by atoms with E-state index in [0.717, 1.165) is 5.69 Å². The number of fused-ring (bicyclic) bond motifs is 1. The minimum Gasteiger partial charge on any atom is -0.423 e. The van der Waals surface area contributed by atoms with Crippen molar-refractivity contribution in [3.8, 4) is 0 Å². The average molecular weight is 378 g/mol. The number of hydrogen-bond donors (Lipinski definition) is 1. The predicted octanol–water partition coefficient (Wildman–Crippen LogP) is 2.82. The minimum atomic E-state index is -0.548. The molecule has 4 rings (SSSR count). The molecule has 1 saturated heterocycles. The number of nitrogens with zero attached hydrogens (tertiary/aromatic N) is 3. The van der Waals surface area contributed by atoms with Crippen LogP contribution in [-0.2, 0) is 4.79 Å². The SMILES string of the molecule is C[C@@H]1C[C@@H](NC(=O)c2ccc3oc(N(C)C)nc3c2)C(=O)N1c1ccccc1. The van der Waals surface area contributed by atoms with Crippen LogP contribution in [0.3, 0.4) is 0 Å². The maximum absolute atomic E-state index is 12.9. The summed E-state index contributed by atoms with van der Waals surface area (Å²) in [5, 5.41) is 2.87. The first-order valence-electron chi connectivity index (χ1n) is 9.21. The van der Waals surface area contributed by atoms with Crippen molar-refractivity contribution in [3.05, 3.63) is 54.1 Å². The van der Waals surface area contributed by atoms with Crippen molar-refractivity contribution in [3.63, 3.8) is 0 Å². The number of amides is 2. The van der Waals surface area contributed by atoms with Gasteiger partial charge in [0.1, 0.15) is 11.6 Å². The molecule has 7 heteroatoms. The quantitative estimate of drug-likeness (QED) is 0.755. The van der Waals surface area contributed by atoms with Crippen molar-refractivity contribution in [1.29, 1.82) is 0 Å². The number of carbonyl (C=O) groups is 2. The smallest absolute Gasteiger partial charge is 0.297 e. The van der Waals surface area contributed by atoms with Crippen LogP contribution in [0.1, 0.15) is 23.7 Å². The molecule has 1 fully saturated rings. The van der Waals surface area contributed by atoms with Crippen LogP contribution in [0.4, 0.5) is 11.7 Å². The lowest BCUT2D eigenvalue weighted by Crippen LogP contribution is -2.41. The van der Waals surface area contributed by atoms with Gasteiger partial charge in [-0.3, -0.25) is 9.59 Å². The highest BCUT2D eigenvalue weighted by Crippen LogP contribution is 2.27. The van der Waals surface area contributed by atoms with Crippen molar-refractivity contribution in [2.75, 3.05) is 23.9 Å². The Morgan fingerprint density at radius 2 is 1.96 bits per heavy atom. The first-order valence-corrected chi connectivity index (χ1v) is 9.21. The van der Waals surface area contributed by atoms with Crippen LogP contribution in [0.15, 0.2) is 52.9 Å². The van der Waals surface area contributed by atoms with E-state index in [2.05, 4.69) is 10.3 Å². The summed E-state index contributed by atoms with van der Waals surface area (Å²) in [5.74, 6) is -0.388.